The lowest BCUT2D eigenvalue weighted by Gasteiger charge is -2.29. The summed E-state index contributed by atoms with van der Waals surface area (Å²) in [6, 6.07) is -0.450. The van der Waals surface area contributed by atoms with Gasteiger partial charge in [0, 0.05) is 18.4 Å². The second-order valence-electron chi connectivity index (χ2n) is 9.39. The number of carbonyl (C=O) groups is 2. The van der Waals surface area contributed by atoms with Gasteiger partial charge in [0.2, 0.25) is 23.4 Å². The van der Waals surface area contributed by atoms with Gasteiger partial charge >= 0.3 is 0 Å². The number of likely N-dealkylation sites (tertiary alicyclic amines) is 1. The highest BCUT2D eigenvalue weighted by Gasteiger charge is 2.39. The van der Waals surface area contributed by atoms with Gasteiger partial charge in [0.05, 0.1) is 6.04 Å². The molecule has 1 amide bonds. The SMILES string of the molecule is CC(C)(C)CC(=O)N1CCCC1C(=O)c1noc(C2(C)CCCCC2)n1. The molecule has 0 aromatic carbocycles. The minimum Gasteiger partial charge on any atom is -0.338 e. The normalized spacial score (nSPS) is 23.2. The van der Waals surface area contributed by atoms with E-state index in [1.165, 1.54) is 6.42 Å². The van der Waals surface area contributed by atoms with Crippen molar-refractivity contribution in [3.05, 3.63) is 11.7 Å². The van der Waals surface area contributed by atoms with Crippen molar-refractivity contribution in [3.63, 3.8) is 0 Å². The number of hydrogen-bond donors (Lipinski definition) is 0. The van der Waals surface area contributed by atoms with Gasteiger partial charge in [0.15, 0.2) is 0 Å². The van der Waals surface area contributed by atoms with Gasteiger partial charge in [-0.1, -0.05) is 52.1 Å². The molecule has 3 rings (SSSR count). The molecule has 0 N–H and O–H groups in total. The third kappa shape index (κ3) is 3.99. The van der Waals surface area contributed by atoms with Crippen LogP contribution in [0.5, 0.6) is 0 Å². The summed E-state index contributed by atoms with van der Waals surface area (Å²) in [5.41, 5.74) is -0.219. The van der Waals surface area contributed by atoms with Crippen LogP contribution in [-0.4, -0.2) is 39.3 Å². The minimum atomic E-state index is -0.450. The van der Waals surface area contributed by atoms with Crippen molar-refractivity contribution in [3.8, 4) is 0 Å². The number of carbonyl (C=O) groups excluding carboxylic acids is 2. The fourth-order valence-electron chi connectivity index (χ4n) is 4.16. The molecule has 2 fully saturated rings. The van der Waals surface area contributed by atoms with Crippen molar-refractivity contribution in [1.29, 1.82) is 0 Å². The van der Waals surface area contributed by atoms with E-state index in [2.05, 4.69) is 17.1 Å². The molecule has 144 valence electrons. The second kappa shape index (κ2) is 7.12. The largest absolute Gasteiger partial charge is 0.338 e. The van der Waals surface area contributed by atoms with Gasteiger partial charge in [-0.3, -0.25) is 9.59 Å². The number of ketones is 1. The van der Waals surface area contributed by atoms with Crippen LogP contribution in [0.2, 0.25) is 0 Å². The number of Topliss-reactive ketones (excluding diaryl/α,β-unsaturated/α-hetero) is 1. The second-order valence-corrected chi connectivity index (χ2v) is 9.39. The quantitative estimate of drug-likeness (QED) is 0.760. The molecular weight excluding hydrogens is 330 g/mol. The van der Waals surface area contributed by atoms with Crippen LogP contribution in [0.3, 0.4) is 0 Å². The summed E-state index contributed by atoms with van der Waals surface area (Å²) < 4.78 is 5.48. The average molecular weight is 361 g/mol. The number of hydrogen-bond acceptors (Lipinski definition) is 5. The summed E-state index contributed by atoms with van der Waals surface area (Å²) in [6.45, 7) is 8.88. The van der Waals surface area contributed by atoms with Crippen LogP contribution in [-0.2, 0) is 10.2 Å². The summed E-state index contributed by atoms with van der Waals surface area (Å²) in [5, 5.41) is 3.98. The van der Waals surface area contributed by atoms with E-state index in [0.29, 0.717) is 25.3 Å². The van der Waals surface area contributed by atoms with Crippen molar-refractivity contribution < 1.29 is 14.1 Å². The molecule has 0 radical (unpaired) electrons. The molecule has 1 aliphatic carbocycles. The Bertz CT molecular complexity index is 668. The molecule has 6 nitrogen and oxygen atoms in total. The summed E-state index contributed by atoms with van der Waals surface area (Å²) >= 11 is 0. The Morgan fingerprint density at radius 2 is 1.88 bits per heavy atom. The van der Waals surface area contributed by atoms with E-state index in [1.807, 2.05) is 20.8 Å². The molecule has 26 heavy (non-hydrogen) atoms. The Morgan fingerprint density at radius 1 is 1.19 bits per heavy atom. The summed E-state index contributed by atoms with van der Waals surface area (Å²) in [5.74, 6) is 0.564. The molecule has 1 aromatic rings. The standard InChI is InChI=1S/C20H31N3O3/c1-19(2,3)13-15(24)23-12-8-9-14(23)16(25)17-21-18(26-22-17)20(4)10-6-5-7-11-20/h14H,5-13H2,1-4H3. The maximum absolute atomic E-state index is 12.9. The zero-order valence-electron chi connectivity index (χ0n) is 16.5. The van der Waals surface area contributed by atoms with E-state index in [1.54, 1.807) is 4.90 Å². The Hall–Kier alpha value is -1.72. The highest BCUT2D eigenvalue weighted by Crippen LogP contribution is 2.38. The van der Waals surface area contributed by atoms with E-state index >= 15 is 0 Å². The van der Waals surface area contributed by atoms with Crippen LogP contribution >= 0.6 is 0 Å². The van der Waals surface area contributed by atoms with Gasteiger partial charge in [0.25, 0.3) is 0 Å². The molecule has 6 heteroatoms. The smallest absolute Gasteiger partial charge is 0.240 e. The molecule has 0 bridgehead atoms. The molecule has 1 aliphatic heterocycles. The van der Waals surface area contributed by atoms with Gasteiger partial charge in [-0.25, -0.2) is 0 Å². The predicted octanol–water partition coefficient (Wildman–Crippen LogP) is 3.90. The number of amides is 1. The highest BCUT2D eigenvalue weighted by atomic mass is 16.5. The Kier molecular flexibility index (Phi) is 5.22. The first kappa shape index (κ1) is 19.1. The van der Waals surface area contributed by atoms with Crippen LogP contribution in [0.25, 0.3) is 0 Å². The first-order valence-electron chi connectivity index (χ1n) is 9.87. The lowest BCUT2D eigenvalue weighted by atomic mass is 9.75. The van der Waals surface area contributed by atoms with Gasteiger partial charge in [0.1, 0.15) is 0 Å². The van der Waals surface area contributed by atoms with Crippen molar-refractivity contribution in [2.24, 2.45) is 5.41 Å². The molecule has 2 heterocycles. The van der Waals surface area contributed by atoms with Crippen molar-refractivity contribution in [2.45, 2.75) is 90.5 Å². The zero-order valence-corrected chi connectivity index (χ0v) is 16.5. The van der Waals surface area contributed by atoms with Gasteiger partial charge in [-0.15, -0.1) is 0 Å². The average Bonchev–Trinajstić information content (AvgIpc) is 3.23. The zero-order chi connectivity index (χ0) is 18.9. The molecule has 1 saturated heterocycles. The fraction of sp³-hybridized carbons (Fsp3) is 0.800. The van der Waals surface area contributed by atoms with Gasteiger partial charge < -0.3 is 9.42 Å². The first-order chi connectivity index (χ1) is 12.2. The number of aromatic nitrogens is 2. The molecule has 1 atom stereocenters. The van der Waals surface area contributed by atoms with Gasteiger partial charge in [-0.2, -0.15) is 4.98 Å². The molecule has 2 aliphatic rings. The molecule has 0 spiro atoms. The minimum absolute atomic E-state index is 0.0383. The third-order valence-electron chi connectivity index (χ3n) is 5.68. The van der Waals surface area contributed by atoms with Crippen molar-refractivity contribution >= 4 is 11.7 Å². The Morgan fingerprint density at radius 3 is 2.54 bits per heavy atom. The maximum atomic E-state index is 12.9. The number of rotatable bonds is 4. The lowest BCUT2D eigenvalue weighted by Crippen LogP contribution is -2.42. The summed E-state index contributed by atoms with van der Waals surface area (Å²) in [4.78, 5) is 31.7. The van der Waals surface area contributed by atoms with Crippen molar-refractivity contribution in [2.75, 3.05) is 6.54 Å². The first-order valence-corrected chi connectivity index (χ1v) is 9.87. The monoisotopic (exact) mass is 361 g/mol. The van der Waals surface area contributed by atoms with Crippen LogP contribution < -0.4 is 0 Å². The van der Waals surface area contributed by atoms with Crippen LogP contribution in [0, 0.1) is 5.41 Å². The topological polar surface area (TPSA) is 76.3 Å². The van der Waals surface area contributed by atoms with E-state index in [4.69, 9.17) is 4.52 Å². The molecule has 1 unspecified atom stereocenters. The van der Waals surface area contributed by atoms with E-state index in [-0.39, 0.29) is 28.3 Å². The van der Waals surface area contributed by atoms with E-state index < -0.39 is 6.04 Å². The number of nitrogens with zero attached hydrogens (tertiary/aromatic N) is 3. The highest BCUT2D eigenvalue weighted by molar-refractivity contribution is 5.99. The van der Waals surface area contributed by atoms with Gasteiger partial charge in [-0.05, 0) is 31.1 Å². The van der Waals surface area contributed by atoms with E-state index in [0.717, 1.165) is 32.1 Å². The van der Waals surface area contributed by atoms with Crippen LogP contribution in [0.4, 0.5) is 0 Å². The van der Waals surface area contributed by atoms with Crippen molar-refractivity contribution in [1.82, 2.24) is 15.0 Å². The Balaban J connectivity index is 1.73. The molecular formula is C20H31N3O3. The lowest BCUT2D eigenvalue weighted by molar-refractivity contribution is -0.133. The summed E-state index contributed by atoms with van der Waals surface area (Å²) in [6.07, 6.45) is 7.53. The Labute approximate surface area is 155 Å². The van der Waals surface area contributed by atoms with Crippen LogP contribution in [0.15, 0.2) is 4.52 Å². The van der Waals surface area contributed by atoms with E-state index in [9.17, 15) is 9.59 Å². The van der Waals surface area contributed by atoms with Crippen LogP contribution in [0.1, 0.15) is 95.6 Å². The predicted molar refractivity (Wildman–Crippen MR) is 97.9 cm³/mol. The summed E-state index contributed by atoms with van der Waals surface area (Å²) in [7, 11) is 0. The fourth-order valence-corrected chi connectivity index (χ4v) is 4.16. The molecule has 1 saturated carbocycles. The molecule has 1 aromatic heterocycles. The third-order valence-corrected chi connectivity index (χ3v) is 5.68. The maximum Gasteiger partial charge on any atom is 0.240 e.